The summed E-state index contributed by atoms with van der Waals surface area (Å²) >= 11 is 3.39. The Morgan fingerprint density at radius 3 is 2.85 bits per heavy atom. The molecule has 6 nitrogen and oxygen atoms in total. The number of nitrogens with one attached hydrogen (secondary N) is 2. The molecule has 0 atom stereocenters. The topological polar surface area (TPSA) is 83.4 Å². The van der Waals surface area contributed by atoms with Crippen LogP contribution in [0.25, 0.3) is 0 Å². The van der Waals surface area contributed by atoms with E-state index in [0.717, 1.165) is 5.56 Å². The number of halogens is 1. The van der Waals surface area contributed by atoms with E-state index in [4.69, 9.17) is 14.7 Å². The highest BCUT2D eigenvalue weighted by molar-refractivity contribution is 9.10. The van der Waals surface area contributed by atoms with Crippen molar-refractivity contribution in [2.24, 2.45) is 0 Å². The molecule has 0 unspecified atom stereocenters. The largest absolute Gasteiger partial charge is 0.493 e. The molecule has 7 heteroatoms. The normalized spacial score (nSPS) is 9.70. The predicted octanol–water partition coefficient (Wildman–Crippen LogP) is 1.20. The van der Waals surface area contributed by atoms with E-state index in [1.165, 1.54) is 7.11 Å². The first kappa shape index (κ1) is 16.3. The van der Waals surface area contributed by atoms with Gasteiger partial charge >= 0.3 is 0 Å². The molecule has 108 valence electrons. The van der Waals surface area contributed by atoms with Crippen LogP contribution >= 0.6 is 15.9 Å². The third-order valence-corrected chi connectivity index (χ3v) is 2.97. The molecule has 1 aromatic rings. The average Bonchev–Trinajstić information content (AvgIpc) is 2.43. The molecule has 2 N–H and O–H groups in total. The average molecular weight is 342 g/mol. The van der Waals surface area contributed by atoms with E-state index in [2.05, 4.69) is 26.6 Å². The lowest BCUT2D eigenvalue weighted by atomic mass is 10.2. The van der Waals surface area contributed by atoms with Crippen molar-refractivity contribution in [2.45, 2.75) is 6.54 Å². The van der Waals surface area contributed by atoms with Crippen molar-refractivity contribution < 1.29 is 14.3 Å². The van der Waals surface area contributed by atoms with Gasteiger partial charge in [-0.25, -0.2) is 0 Å². The first-order valence-electron chi connectivity index (χ1n) is 5.89. The number of hydrogen-bond donors (Lipinski definition) is 2. The van der Waals surface area contributed by atoms with Crippen LogP contribution < -0.4 is 20.1 Å². The summed E-state index contributed by atoms with van der Waals surface area (Å²) in [5, 5.41) is 13.8. The van der Waals surface area contributed by atoms with Gasteiger partial charge in [-0.05, 0) is 40.7 Å². The van der Waals surface area contributed by atoms with Crippen LogP contribution in [-0.2, 0) is 11.3 Å². The summed E-state index contributed by atoms with van der Waals surface area (Å²) in [4.78, 5) is 11.4. The summed E-state index contributed by atoms with van der Waals surface area (Å²) in [5.74, 6) is 0.636. The summed E-state index contributed by atoms with van der Waals surface area (Å²) in [7, 11) is 3.39. The van der Waals surface area contributed by atoms with Crippen molar-refractivity contribution in [3.05, 3.63) is 22.2 Å². The SMILES string of the molecule is CNCc1cc(Br)c(OCC(=O)NCC#N)c(OC)c1. The van der Waals surface area contributed by atoms with Gasteiger partial charge in [-0.1, -0.05) is 0 Å². The molecule has 0 aromatic heterocycles. The second-order valence-electron chi connectivity index (χ2n) is 3.86. The zero-order chi connectivity index (χ0) is 15.0. The lowest BCUT2D eigenvalue weighted by Crippen LogP contribution is -2.29. The Morgan fingerprint density at radius 1 is 1.50 bits per heavy atom. The van der Waals surface area contributed by atoms with Gasteiger partial charge in [0.15, 0.2) is 18.1 Å². The minimum Gasteiger partial charge on any atom is -0.493 e. The van der Waals surface area contributed by atoms with Crippen LogP contribution in [0.1, 0.15) is 5.56 Å². The first-order valence-corrected chi connectivity index (χ1v) is 6.69. The van der Waals surface area contributed by atoms with Crippen LogP contribution in [-0.4, -0.2) is 33.2 Å². The van der Waals surface area contributed by atoms with Gasteiger partial charge in [-0.15, -0.1) is 0 Å². The number of carbonyl (C=O) groups is 1. The Bertz CT molecular complexity index is 514. The molecule has 0 saturated carbocycles. The Balaban J connectivity index is 2.79. The van der Waals surface area contributed by atoms with E-state index < -0.39 is 0 Å². The fourth-order valence-corrected chi connectivity index (χ4v) is 2.15. The third kappa shape index (κ3) is 4.72. The van der Waals surface area contributed by atoms with Crippen LogP contribution in [0, 0.1) is 11.3 Å². The van der Waals surface area contributed by atoms with Gasteiger partial charge in [0.2, 0.25) is 0 Å². The van der Waals surface area contributed by atoms with Crippen LogP contribution in [0.3, 0.4) is 0 Å². The Kier molecular flexibility index (Phi) is 6.84. The quantitative estimate of drug-likeness (QED) is 0.728. The van der Waals surface area contributed by atoms with Gasteiger partial charge in [0, 0.05) is 6.54 Å². The number of amides is 1. The maximum absolute atomic E-state index is 11.4. The fraction of sp³-hybridized carbons (Fsp3) is 0.385. The molecule has 1 aromatic carbocycles. The highest BCUT2D eigenvalue weighted by atomic mass is 79.9. The lowest BCUT2D eigenvalue weighted by molar-refractivity contribution is -0.122. The maximum atomic E-state index is 11.4. The summed E-state index contributed by atoms with van der Waals surface area (Å²) in [6.07, 6.45) is 0. The van der Waals surface area contributed by atoms with Crippen molar-refractivity contribution in [2.75, 3.05) is 27.3 Å². The molecule has 0 spiro atoms. The van der Waals surface area contributed by atoms with Gasteiger partial charge in [0.25, 0.3) is 5.91 Å². The maximum Gasteiger partial charge on any atom is 0.258 e. The molecule has 0 aliphatic carbocycles. The predicted molar refractivity (Wildman–Crippen MR) is 77.6 cm³/mol. The molecule has 0 radical (unpaired) electrons. The number of methoxy groups -OCH3 is 1. The van der Waals surface area contributed by atoms with Gasteiger partial charge in [0.1, 0.15) is 6.54 Å². The van der Waals surface area contributed by atoms with Gasteiger partial charge in [-0.3, -0.25) is 4.79 Å². The van der Waals surface area contributed by atoms with E-state index in [0.29, 0.717) is 22.5 Å². The van der Waals surface area contributed by atoms with Crippen LogP contribution in [0.5, 0.6) is 11.5 Å². The van der Waals surface area contributed by atoms with Crippen molar-refractivity contribution in [3.63, 3.8) is 0 Å². The number of rotatable bonds is 7. The minimum absolute atomic E-state index is 0.0401. The van der Waals surface area contributed by atoms with Gasteiger partial charge < -0.3 is 20.1 Å². The van der Waals surface area contributed by atoms with Crippen LogP contribution in [0.2, 0.25) is 0 Å². The Morgan fingerprint density at radius 2 is 2.25 bits per heavy atom. The molecule has 20 heavy (non-hydrogen) atoms. The highest BCUT2D eigenvalue weighted by Crippen LogP contribution is 2.36. The van der Waals surface area contributed by atoms with Crippen molar-refractivity contribution in [1.82, 2.24) is 10.6 Å². The number of ether oxygens (including phenoxy) is 2. The first-order chi connectivity index (χ1) is 9.62. The standard InChI is InChI=1S/C13H16BrN3O3/c1-16-7-9-5-10(14)13(11(6-9)19-2)20-8-12(18)17-4-3-15/h5-6,16H,4,7-8H2,1-2H3,(H,17,18). The zero-order valence-electron chi connectivity index (χ0n) is 11.3. The summed E-state index contributed by atoms with van der Waals surface area (Å²) in [6.45, 7) is 0.474. The molecule has 0 aliphatic rings. The number of hydrogen-bond acceptors (Lipinski definition) is 5. The molecule has 0 bridgehead atoms. The molecular formula is C13H16BrN3O3. The van der Waals surface area contributed by atoms with E-state index in [9.17, 15) is 4.79 Å². The minimum atomic E-state index is -0.361. The smallest absolute Gasteiger partial charge is 0.258 e. The fourth-order valence-electron chi connectivity index (χ4n) is 1.55. The molecule has 1 rings (SSSR count). The van der Waals surface area contributed by atoms with E-state index in [-0.39, 0.29) is 19.1 Å². The Labute approximate surface area is 126 Å². The van der Waals surface area contributed by atoms with Crippen molar-refractivity contribution in [1.29, 1.82) is 5.26 Å². The second kappa shape index (κ2) is 8.40. The molecule has 0 heterocycles. The van der Waals surface area contributed by atoms with Crippen LogP contribution in [0.4, 0.5) is 0 Å². The van der Waals surface area contributed by atoms with Crippen LogP contribution in [0.15, 0.2) is 16.6 Å². The summed E-state index contributed by atoms with van der Waals surface area (Å²) in [5.41, 5.74) is 1.03. The van der Waals surface area contributed by atoms with Crippen molar-refractivity contribution in [3.8, 4) is 17.6 Å². The van der Waals surface area contributed by atoms with E-state index in [1.807, 2.05) is 25.2 Å². The zero-order valence-corrected chi connectivity index (χ0v) is 12.9. The highest BCUT2D eigenvalue weighted by Gasteiger charge is 2.13. The molecule has 0 aliphatic heterocycles. The number of benzene rings is 1. The van der Waals surface area contributed by atoms with E-state index in [1.54, 1.807) is 0 Å². The number of nitriles is 1. The molecule has 0 fully saturated rings. The molecule has 1 amide bonds. The molecular weight excluding hydrogens is 326 g/mol. The van der Waals surface area contributed by atoms with Gasteiger partial charge in [0.05, 0.1) is 17.7 Å². The Hall–Kier alpha value is -1.78. The van der Waals surface area contributed by atoms with Gasteiger partial charge in [-0.2, -0.15) is 5.26 Å². The lowest BCUT2D eigenvalue weighted by Gasteiger charge is -2.14. The second-order valence-corrected chi connectivity index (χ2v) is 4.72. The molecule has 0 saturated heterocycles. The summed E-state index contributed by atoms with van der Waals surface area (Å²) < 4.78 is 11.4. The monoisotopic (exact) mass is 341 g/mol. The number of carbonyl (C=O) groups excluding carboxylic acids is 1. The summed E-state index contributed by atoms with van der Waals surface area (Å²) in [6, 6.07) is 5.55. The number of nitrogens with zero attached hydrogens (tertiary/aromatic N) is 1. The van der Waals surface area contributed by atoms with E-state index >= 15 is 0 Å². The van der Waals surface area contributed by atoms with Crippen molar-refractivity contribution >= 4 is 21.8 Å². The third-order valence-electron chi connectivity index (χ3n) is 2.38.